The van der Waals surface area contributed by atoms with Crippen LogP contribution in [-0.4, -0.2) is 34.7 Å². The van der Waals surface area contributed by atoms with Gasteiger partial charge in [0.15, 0.2) is 5.69 Å². The highest BCUT2D eigenvalue weighted by Crippen LogP contribution is 2.18. The fourth-order valence-electron chi connectivity index (χ4n) is 2.44. The number of hydrogen-bond acceptors (Lipinski definition) is 5. The minimum Gasteiger partial charge on any atom is -0.372 e. The third-order valence-electron chi connectivity index (χ3n) is 3.65. The van der Waals surface area contributed by atoms with Crippen LogP contribution in [0, 0.1) is 0 Å². The zero-order valence-electron chi connectivity index (χ0n) is 15.6. The molecule has 0 unspecified atom stereocenters. The van der Waals surface area contributed by atoms with Gasteiger partial charge < -0.3 is 15.5 Å². The van der Waals surface area contributed by atoms with Gasteiger partial charge in [-0.25, -0.2) is 0 Å². The first-order chi connectivity index (χ1) is 11.8. The minimum absolute atomic E-state index is 0.106. The zero-order chi connectivity index (χ0) is 18.4. The van der Waals surface area contributed by atoms with Gasteiger partial charge in [0.25, 0.3) is 5.91 Å². The lowest BCUT2D eigenvalue weighted by atomic mass is 10.1. The Balaban J connectivity index is 2.02. The van der Waals surface area contributed by atoms with Gasteiger partial charge in [0.05, 0.1) is 0 Å². The molecule has 1 amide bonds. The topological polar surface area (TPSA) is 70.2 Å². The Morgan fingerprint density at radius 1 is 1.00 bits per heavy atom. The van der Waals surface area contributed by atoms with Crippen molar-refractivity contribution in [3.8, 4) is 0 Å². The molecule has 6 nitrogen and oxygen atoms in total. The van der Waals surface area contributed by atoms with Crippen molar-refractivity contribution in [2.24, 2.45) is 0 Å². The van der Waals surface area contributed by atoms with E-state index in [1.54, 1.807) is 12.1 Å². The SMILES string of the molecule is CCN(CC)c1ccc(NC(=O)c2ccc(NC(C)(C)C)nn2)cc1. The predicted molar refractivity (Wildman–Crippen MR) is 103 cm³/mol. The molecule has 0 spiro atoms. The van der Waals surface area contributed by atoms with Gasteiger partial charge in [0, 0.05) is 30.0 Å². The number of nitrogens with one attached hydrogen (secondary N) is 2. The number of hydrogen-bond donors (Lipinski definition) is 2. The second-order valence-corrected chi connectivity index (χ2v) is 6.85. The standard InChI is InChI=1S/C19H27N5O/c1-6-24(7-2)15-10-8-14(9-11-15)20-18(25)16-12-13-17(23-22-16)21-19(3,4)5/h8-13H,6-7H2,1-5H3,(H,20,25)(H,21,23). The minimum atomic E-state index is -0.273. The van der Waals surface area contributed by atoms with Crippen LogP contribution in [0.5, 0.6) is 0 Å². The van der Waals surface area contributed by atoms with Crippen molar-refractivity contribution >= 4 is 23.1 Å². The Kier molecular flexibility index (Phi) is 5.96. The van der Waals surface area contributed by atoms with Gasteiger partial charge >= 0.3 is 0 Å². The average Bonchev–Trinajstić information content (AvgIpc) is 2.56. The predicted octanol–water partition coefficient (Wildman–Crippen LogP) is 3.79. The van der Waals surface area contributed by atoms with Crippen LogP contribution in [0.3, 0.4) is 0 Å². The second kappa shape index (κ2) is 7.96. The third-order valence-corrected chi connectivity index (χ3v) is 3.65. The van der Waals surface area contributed by atoms with E-state index in [-0.39, 0.29) is 17.1 Å². The Hall–Kier alpha value is -2.63. The fraction of sp³-hybridized carbons (Fsp3) is 0.421. The summed E-state index contributed by atoms with van der Waals surface area (Å²) in [4.78, 5) is 14.5. The molecule has 0 aliphatic carbocycles. The molecule has 2 aromatic rings. The summed E-state index contributed by atoms with van der Waals surface area (Å²) < 4.78 is 0. The van der Waals surface area contributed by atoms with Crippen LogP contribution in [-0.2, 0) is 0 Å². The normalized spacial score (nSPS) is 11.1. The van der Waals surface area contributed by atoms with E-state index in [2.05, 4.69) is 39.6 Å². The molecule has 1 aromatic heterocycles. The van der Waals surface area contributed by atoms with Crippen LogP contribution < -0.4 is 15.5 Å². The van der Waals surface area contributed by atoms with Crippen LogP contribution in [0.1, 0.15) is 45.1 Å². The number of rotatable bonds is 6. The lowest BCUT2D eigenvalue weighted by Gasteiger charge is -2.21. The van der Waals surface area contributed by atoms with Gasteiger partial charge in [0.1, 0.15) is 5.82 Å². The molecular formula is C19H27N5O. The maximum Gasteiger partial charge on any atom is 0.276 e. The highest BCUT2D eigenvalue weighted by molar-refractivity contribution is 6.02. The van der Waals surface area contributed by atoms with E-state index >= 15 is 0 Å². The second-order valence-electron chi connectivity index (χ2n) is 6.85. The van der Waals surface area contributed by atoms with E-state index < -0.39 is 0 Å². The molecule has 134 valence electrons. The molecule has 0 atom stereocenters. The van der Waals surface area contributed by atoms with Crippen molar-refractivity contribution in [2.45, 2.75) is 40.2 Å². The lowest BCUT2D eigenvalue weighted by molar-refractivity contribution is 0.102. The Bertz CT molecular complexity index is 685. The summed E-state index contributed by atoms with van der Waals surface area (Å²) in [5.74, 6) is 0.373. The molecule has 2 N–H and O–H groups in total. The monoisotopic (exact) mass is 341 g/mol. The number of nitrogens with zero attached hydrogens (tertiary/aromatic N) is 3. The van der Waals surface area contributed by atoms with E-state index in [0.717, 1.165) is 24.5 Å². The average molecular weight is 341 g/mol. The largest absolute Gasteiger partial charge is 0.372 e. The summed E-state index contributed by atoms with van der Waals surface area (Å²) in [7, 11) is 0. The number of amides is 1. The quantitative estimate of drug-likeness (QED) is 0.836. The van der Waals surface area contributed by atoms with Gasteiger partial charge in [-0.2, -0.15) is 0 Å². The summed E-state index contributed by atoms with van der Waals surface area (Å²) in [6.45, 7) is 12.3. The van der Waals surface area contributed by atoms with Crippen molar-refractivity contribution in [1.82, 2.24) is 10.2 Å². The van der Waals surface area contributed by atoms with Crippen molar-refractivity contribution in [3.63, 3.8) is 0 Å². The van der Waals surface area contributed by atoms with E-state index in [9.17, 15) is 4.79 Å². The number of carbonyl (C=O) groups excluding carboxylic acids is 1. The van der Waals surface area contributed by atoms with Crippen LogP contribution >= 0.6 is 0 Å². The highest BCUT2D eigenvalue weighted by atomic mass is 16.1. The maximum absolute atomic E-state index is 12.3. The number of aromatic nitrogens is 2. The van der Waals surface area contributed by atoms with E-state index in [4.69, 9.17) is 0 Å². The molecule has 0 saturated heterocycles. The summed E-state index contributed by atoms with van der Waals surface area (Å²) in [6, 6.07) is 11.2. The first-order valence-corrected chi connectivity index (χ1v) is 8.60. The summed E-state index contributed by atoms with van der Waals surface area (Å²) in [5, 5.41) is 14.1. The summed E-state index contributed by atoms with van der Waals surface area (Å²) >= 11 is 0. The molecule has 6 heteroatoms. The Morgan fingerprint density at radius 3 is 2.12 bits per heavy atom. The molecule has 0 aliphatic heterocycles. The molecule has 2 rings (SSSR count). The van der Waals surface area contributed by atoms with Gasteiger partial charge in [-0.1, -0.05) is 0 Å². The number of benzene rings is 1. The molecular weight excluding hydrogens is 314 g/mol. The van der Waals surface area contributed by atoms with Crippen LogP contribution in [0.4, 0.5) is 17.2 Å². The zero-order valence-corrected chi connectivity index (χ0v) is 15.6. The number of anilines is 3. The van der Waals surface area contributed by atoms with Crippen molar-refractivity contribution < 1.29 is 4.79 Å². The highest BCUT2D eigenvalue weighted by Gasteiger charge is 2.13. The molecule has 1 heterocycles. The maximum atomic E-state index is 12.3. The molecule has 0 aliphatic rings. The smallest absolute Gasteiger partial charge is 0.276 e. The molecule has 25 heavy (non-hydrogen) atoms. The summed E-state index contributed by atoms with van der Waals surface area (Å²) in [5.41, 5.74) is 2.05. The van der Waals surface area contributed by atoms with E-state index in [1.165, 1.54) is 0 Å². The lowest BCUT2D eigenvalue weighted by Crippen LogP contribution is -2.27. The van der Waals surface area contributed by atoms with E-state index in [1.807, 2.05) is 45.0 Å². The van der Waals surface area contributed by atoms with Gasteiger partial charge in [-0.05, 0) is 71.0 Å². The Morgan fingerprint density at radius 2 is 1.64 bits per heavy atom. The van der Waals surface area contributed by atoms with Crippen molar-refractivity contribution in [1.29, 1.82) is 0 Å². The van der Waals surface area contributed by atoms with Gasteiger partial charge in [-0.15, -0.1) is 10.2 Å². The fourth-order valence-corrected chi connectivity index (χ4v) is 2.44. The first kappa shape index (κ1) is 18.7. The first-order valence-electron chi connectivity index (χ1n) is 8.60. The molecule has 0 fully saturated rings. The van der Waals surface area contributed by atoms with Crippen LogP contribution in [0.25, 0.3) is 0 Å². The van der Waals surface area contributed by atoms with Crippen molar-refractivity contribution in [2.75, 3.05) is 28.6 Å². The number of carbonyl (C=O) groups is 1. The molecule has 0 saturated carbocycles. The molecule has 0 radical (unpaired) electrons. The van der Waals surface area contributed by atoms with Gasteiger partial charge in [0.2, 0.25) is 0 Å². The third kappa shape index (κ3) is 5.45. The van der Waals surface area contributed by atoms with Crippen LogP contribution in [0.15, 0.2) is 36.4 Å². The van der Waals surface area contributed by atoms with Gasteiger partial charge in [-0.3, -0.25) is 4.79 Å². The Labute approximate surface area is 149 Å². The van der Waals surface area contributed by atoms with E-state index in [0.29, 0.717) is 5.82 Å². The van der Waals surface area contributed by atoms with Crippen LogP contribution in [0.2, 0.25) is 0 Å². The van der Waals surface area contributed by atoms with Crippen molar-refractivity contribution in [3.05, 3.63) is 42.1 Å². The molecule has 0 bridgehead atoms. The molecule has 1 aromatic carbocycles. The summed E-state index contributed by atoms with van der Waals surface area (Å²) in [6.07, 6.45) is 0.